The molecule has 0 aromatic rings. The molecule has 4 fully saturated rings. The van der Waals surface area contributed by atoms with Crippen LogP contribution < -0.4 is 0 Å². The van der Waals surface area contributed by atoms with Crippen molar-refractivity contribution in [3.8, 4) is 0 Å². The standard InChI is InChI=1S/C15H23ClO2/c1-3-15(18-14(17)9(2)16)12-5-10-4-11(7-12)8-13(15)6-10/h9-13H,3-8H2,1-2H3. The number of ether oxygens (including phenoxy) is 1. The number of halogens is 1. The zero-order valence-corrected chi connectivity index (χ0v) is 12.1. The Morgan fingerprint density at radius 2 is 1.72 bits per heavy atom. The van der Waals surface area contributed by atoms with Gasteiger partial charge in [-0.2, -0.15) is 0 Å². The van der Waals surface area contributed by atoms with Crippen LogP contribution >= 0.6 is 11.6 Å². The van der Waals surface area contributed by atoms with Gasteiger partial charge < -0.3 is 4.74 Å². The second-order valence-electron chi connectivity index (χ2n) is 6.65. The molecule has 18 heavy (non-hydrogen) atoms. The van der Waals surface area contributed by atoms with Crippen LogP contribution in [0, 0.1) is 23.7 Å². The van der Waals surface area contributed by atoms with Crippen LogP contribution in [-0.2, 0) is 9.53 Å². The van der Waals surface area contributed by atoms with Gasteiger partial charge in [0.15, 0.2) is 0 Å². The molecule has 0 heterocycles. The fraction of sp³-hybridized carbons (Fsp3) is 0.933. The molecule has 2 nitrogen and oxygen atoms in total. The summed E-state index contributed by atoms with van der Waals surface area (Å²) in [4.78, 5) is 11.9. The third kappa shape index (κ3) is 1.79. The maximum atomic E-state index is 11.9. The molecule has 1 atom stereocenters. The highest BCUT2D eigenvalue weighted by atomic mass is 35.5. The number of esters is 1. The van der Waals surface area contributed by atoms with Gasteiger partial charge in [0.25, 0.3) is 0 Å². The van der Waals surface area contributed by atoms with Gasteiger partial charge in [0.2, 0.25) is 0 Å². The van der Waals surface area contributed by atoms with Crippen LogP contribution in [-0.4, -0.2) is 16.9 Å². The lowest BCUT2D eigenvalue weighted by molar-refractivity contribution is -0.210. The van der Waals surface area contributed by atoms with Gasteiger partial charge in [0, 0.05) is 0 Å². The summed E-state index contributed by atoms with van der Waals surface area (Å²) in [5.74, 6) is 2.78. The van der Waals surface area contributed by atoms with Gasteiger partial charge in [-0.05, 0) is 69.1 Å². The average Bonchev–Trinajstić information content (AvgIpc) is 2.32. The molecular formula is C15H23ClO2. The minimum Gasteiger partial charge on any atom is -0.457 e. The van der Waals surface area contributed by atoms with Crippen molar-refractivity contribution in [2.24, 2.45) is 23.7 Å². The SMILES string of the molecule is CCC1(OC(=O)C(C)Cl)C2CC3CC(C2)CC1C3. The highest BCUT2D eigenvalue weighted by Gasteiger charge is 2.58. The average molecular weight is 271 g/mol. The van der Waals surface area contributed by atoms with E-state index < -0.39 is 5.38 Å². The van der Waals surface area contributed by atoms with E-state index in [1.807, 2.05) is 0 Å². The van der Waals surface area contributed by atoms with E-state index in [2.05, 4.69) is 6.92 Å². The highest BCUT2D eigenvalue weighted by Crippen LogP contribution is 2.60. The molecule has 4 aliphatic rings. The molecule has 1 unspecified atom stereocenters. The molecule has 3 heteroatoms. The number of alkyl halides is 1. The third-order valence-corrected chi connectivity index (χ3v) is 5.87. The first-order valence-electron chi connectivity index (χ1n) is 7.42. The zero-order valence-electron chi connectivity index (χ0n) is 11.3. The first kappa shape index (κ1) is 12.8. The van der Waals surface area contributed by atoms with Gasteiger partial charge in [-0.15, -0.1) is 11.6 Å². The van der Waals surface area contributed by atoms with Crippen molar-refractivity contribution in [1.29, 1.82) is 0 Å². The first-order chi connectivity index (χ1) is 8.55. The van der Waals surface area contributed by atoms with Crippen LogP contribution in [0.5, 0.6) is 0 Å². The Morgan fingerprint density at radius 1 is 1.22 bits per heavy atom. The summed E-state index contributed by atoms with van der Waals surface area (Å²) in [7, 11) is 0. The Bertz CT molecular complexity index is 322. The molecule has 4 saturated carbocycles. The van der Waals surface area contributed by atoms with Crippen molar-refractivity contribution in [1.82, 2.24) is 0 Å². The summed E-state index contributed by atoms with van der Waals surface area (Å²) in [6.07, 6.45) is 7.45. The monoisotopic (exact) mass is 270 g/mol. The number of hydrogen-bond donors (Lipinski definition) is 0. The fourth-order valence-corrected chi connectivity index (χ4v) is 5.11. The molecule has 0 N–H and O–H groups in total. The van der Waals surface area contributed by atoms with E-state index in [0.717, 1.165) is 18.3 Å². The Hall–Kier alpha value is -0.240. The molecule has 0 aromatic heterocycles. The summed E-state index contributed by atoms with van der Waals surface area (Å²) in [6.45, 7) is 3.89. The van der Waals surface area contributed by atoms with Crippen LogP contribution in [0.3, 0.4) is 0 Å². The van der Waals surface area contributed by atoms with Gasteiger partial charge in [-0.1, -0.05) is 6.92 Å². The maximum absolute atomic E-state index is 11.9. The van der Waals surface area contributed by atoms with E-state index in [1.54, 1.807) is 6.92 Å². The van der Waals surface area contributed by atoms with Crippen molar-refractivity contribution in [3.05, 3.63) is 0 Å². The maximum Gasteiger partial charge on any atom is 0.324 e. The summed E-state index contributed by atoms with van der Waals surface area (Å²) in [6, 6.07) is 0. The Balaban J connectivity index is 1.85. The van der Waals surface area contributed by atoms with E-state index in [-0.39, 0.29) is 11.6 Å². The van der Waals surface area contributed by atoms with Gasteiger partial charge >= 0.3 is 5.97 Å². The molecule has 0 saturated heterocycles. The summed E-state index contributed by atoms with van der Waals surface area (Å²) >= 11 is 5.89. The lowest BCUT2D eigenvalue weighted by Crippen LogP contribution is -2.59. The normalized spacial score (nSPS) is 47.1. The Labute approximate surface area is 114 Å². The largest absolute Gasteiger partial charge is 0.457 e. The van der Waals surface area contributed by atoms with Crippen molar-refractivity contribution in [2.45, 2.75) is 63.4 Å². The summed E-state index contributed by atoms with van der Waals surface area (Å²) in [5.41, 5.74) is -0.187. The Morgan fingerprint density at radius 3 is 2.11 bits per heavy atom. The molecule has 4 rings (SSSR count). The highest BCUT2D eigenvalue weighted by molar-refractivity contribution is 6.29. The van der Waals surface area contributed by atoms with Gasteiger partial charge in [0.05, 0.1) is 0 Å². The van der Waals surface area contributed by atoms with Crippen LogP contribution in [0.15, 0.2) is 0 Å². The predicted molar refractivity (Wildman–Crippen MR) is 71.5 cm³/mol. The number of carbonyl (C=O) groups is 1. The number of carbonyl (C=O) groups excluding carboxylic acids is 1. The van der Waals surface area contributed by atoms with Crippen molar-refractivity contribution < 1.29 is 9.53 Å². The minimum atomic E-state index is -0.523. The molecule has 0 amide bonds. The topological polar surface area (TPSA) is 26.3 Å². The first-order valence-corrected chi connectivity index (χ1v) is 7.85. The van der Waals surface area contributed by atoms with Crippen LogP contribution in [0.4, 0.5) is 0 Å². The lowest BCUT2D eigenvalue weighted by atomic mass is 9.49. The molecular weight excluding hydrogens is 248 g/mol. The second kappa shape index (κ2) is 4.40. The van der Waals surface area contributed by atoms with E-state index in [9.17, 15) is 4.79 Å². The van der Waals surface area contributed by atoms with Crippen LogP contribution in [0.2, 0.25) is 0 Å². The minimum absolute atomic E-state index is 0.187. The number of rotatable bonds is 3. The van der Waals surface area contributed by atoms with E-state index in [1.165, 1.54) is 32.1 Å². The van der Waals surface area contributed by atoms with Crippen LogP contribution in [0.25, 0.3) is 0 Å². The van der Waals surface area contributed by atoms with Crippen molar-refractivity contribution in [2.75, 3.05) is 0 Å². The van der Waals surface area contributed by atoms with Gasteiger partial charge in [0.1, 0.15) is 11.0 Å². The Kier molecular flexibility index (Phi) is 3.12. The van der Waals surface area contributed by atoms with E-state index in [0.29, 0.717) is 11.8 Å². The fourth-order valence-electron chi connectivity index (χ4n) is 5.07. The molecule has 102 valence electrons. The van der Waals surface area contributed by atoms with E-state index in [4.69, 9.17) is 16.3 Å². The predicted octanol–water partition coefficient (Wildman–Crippen LogP) is 3.76. The molecule has 4 bridgehead atoms. The van der Waals surface area contributed by atoms with Crippen molar-refractivity contribution >= 4 is 17.6 Å². The molecule has 4 aliphatic carbocycles. The molecule has 0 radical (unpaired) electrons. The smallest absolute Gasteiger partial charge is 0.324 e. The van der Waals surface area contributed by atoms with Crippen LogP contribution in [0.1, 0.15) is 52.4 Å². The van der Waals surface area contributed by atoms with Crippen molar-refractivity contribution in [3.63, 3.8) is 0 Å². The molecule has 0 aromatic carbocycles. The summed E-state index contributed by atoms with van der Waals surface area (Å²) in [5, 5.41) is -0.523. The summed E-state index contributed by atoms with van der Waals surface area (Å²) < 4.78 is 5.95. The third-order valence-electron chi connectivity index (χ3n) is 5.69. The lowest BCUT2D eigenvalue weighted by Gasteiger charge is -2.60. The van der Waals surface area contributed by atoms with Gasteiger partial charge in [-0.3, -0.25) is 4.79 Å². The van der Waals surface area contributed by atoms with E-state index >= 15 is 0 Å². The quantitative estimate of drug-likeness (QED) is 0.577. The van der Waals surface area contributed by atoms with Gasteiger partial charge in [-0.25, -0.2) is 0 Å². The molecule has 0 aliphatic heterocycles. The second-order valence-corrected chi connectivity index (χ2v) is 7.30. The number of hydrogen-bond acceptors (Lipinski definition) is 2. The molecule has 0 spiro atoms. The zero-order chi connectivity index (χ0) is 12.9.